The van der Waals surface area contributed by atoms with Gasteiger partial charge in [-0.25, -0.2) is 0 Å². The van der Waals surface area contributed by atoms with Gasteiger partial charge in [0.1, 0.15) is 0 Å². The third kappa shape index (κ3) is 3.81. The van der Waals surface area contributed by atoms with Crippen molar-refractivity contribution < 1.29 is 4.79 Å². The second kappa shape index (κ2) is 5.92. The van der Waals surface area contributed by atoms with Crippen LogP contribution in [-0.4, -0.2) is 30.1 Å². The molecule has 1 amide bonds. The molecule has 0 atom stereocenters. The molecule has 0 saturated carbocycles. The monoisotopic (exact) mass is 248 g/mol. The molecule has 0 aliphatic carbocycles. The first-order chi connectivity index (χ1) is 8.04. The van der Waals surface area contributed by atoms with Gasteiger partial charge in [-0.15, -0.1) is 17.6 Å². The summed E-state index contributed by atoms with van der Waals surface area (Å²) in [5.74, 6) is -0.0617. The minimum Gasteiger partial charge on any atom is -0.345 e. The van der Waals surface area contributed by atoms with Crippen LogP contribution in [0.15, 0.2) is 29.3 Å². The quantitative estimate of drug-likeness (QED) is 0.361. The Bertz CT molecular complexity index is 473. The standard InChI is InChI=1S/C11H12N4OS/c1-15(2)10(16)8-3-5-9(6-4-8)14-11(17)13-7-12/h3-6H,1-2H3,(H2,13,14,17). The molecule has 1 aromatic rings. The van der Waals surface area contributed by atoms with E-state index in [0.29, 0.717) is 11.3 Å². The zero-order chi connectivity index (χ0) is 12.8. The summed E-state index contributed by atoms with van der Waals surface area (Å²) in [6.45, 7) is 0. The highest BCUT2D eigenvalue weighted by Gasteiger charge is 2.07. The molecule has 17 heavy (non-hydrogen) atoms. The lowest BCUT2D eigenvalue weighted by molar-refractivity contribution is 0.0827. The predicted molar refractivity (Wildman–Crippen MR) is 70.1 cm³/mol. The highest BCUT2D eigenvalue weighted by Crippen LogP contribution is 2.11. The number of amidine groups is 1. The zero-order valence-electron chi connectivity index (χ0n) is 9.51. The van der Waals surface area contributed by atoms with Crippen LogP contribution in [0.1, 0.15) is 10.4 Å². The number of anilines is 1. The lowest BCUT2D eigenvalue weighted by Gasteiger charge is -2.10. The zero-order valence-corrected chi connectivity index (χ0v) is 10.4. The van der Waals surface area contributed by atoms with Crippen LogP contribution in [0.2, 0.25) is 0 Å². The van der Waals surface area contributed by atoms with Gasteiger partial charge in [0, 0.05) is 25.3 Å². The maximum absolute atomic E-state index is 11.6. The number of hydrogen-bond donors (Lipinski definition) is 2. The van der Waals surface area contributed by atoms with E-state index < -0.39 is 0 Å². The van der Waals surface area contributed by atoms with Crippen LogP contribution < -0.4 is 5.32 Å². The molecule has 0 radical (unpaired) electrons. The minimum atomic E-state index is -0.0617. The number of aliphatic imine (C=N–C) groups is 1. The summed E-state index contributed by atoms with van der Waals surface area (Å²) in [5.41, 5.74) is 1.31. The van der Waals surface area contributed by atoms with Crippen LogP contribution in [0, 0.1) is 11.5 Å². The maximum Gasteiger partial charge on any atom is 0.253 e. The van der Waals surface area contributed by atoms with Gasteiger partial charge in [-0.05, 0) is 24.3 Å². The van der Waals surface area contributed by atoms with E-state index in [1.165, 1.54) is 4.90 Å². The van der Waals surface area contributed by atoms with E-state index in [0.717, 1.165) is 0 Å². The number of nitrogens with zero attached hydrogens (tertiary/aromatic N) is 3. The van der Waals surface area contributed by atoms with Gasteiger partial charge in [0.25, 0.3) is 5.91 Å². The average molecular weight is 248 g/mol. The second-order valence-electron chi connectivity index (χ2n) is 3.44. The predicted octanol–water partition coefficient (Wildman–Crippen LogP) is 1.57. The van der Waals surface area contributed by atoms with Crippen molar-refractivity contribution in [3.63, 3.8) is 0 Å². The average Bonchev–Trinajstić information content (AvgIpc) is 2.29. The second-order valence-corrected chi connectivity index (χ2v) is 3.86. The number of carbonyl (C=O) groups is 1. The molecule has 1 N–H and O–H groups in total. The molecule has 0 saturated heterocycles. The first kappa shape index (κ1) is 13.1. The molecule has 0 heterocycles. The Morgan fingerprint density at radius 3 is 2.47 bits per heavy atom. The number of nitriles is 1. The molecule has 88 valence electrons. The summed E-state index contributed by atoms with van der Waals surface area (Å²) < 4.78 is 0. The molecule has 1 aromatic carbocycles. The van der Waals surface area contributed by atoms with Crippen LogP contribution >= 0.6 is 12.6 Å². The third-order valence-corrected chi connectivity index (χ3v) is 2.16. The summed E-state index contributed by atoms with van der Waals surface area (Å²) in [6, 6.07) is 6.83. The molecule has 1 rings (SSSR count). The Morgan fingerprint density at radius 2 is 2.00 bits per heavy atom. The molecular weight excluding hydrogens is 236 g/mol. The molecule has 0 unspecified atom stereocenters. The fourth-order valence-electron chi connectivity index (χ4n) is 1.16. The number of benzene rings is 1. The van der Waals surface area contributed by atoms with Crippen molar-refractivity contribution >= 4 is 29.4 Å². The lowest BCUT2D eigenvalue weighted by Crippen LogP contribution is -2.21. The summed E-state index contributed by atoms with van der Waals surface area (Å²) in [6.07, 6.45) is 1.62. The Kier molecular flexibility index (Phi) is 4.55. The van der Waals surface area contributed by atoms with Gasteiger partial charge >= 0.3 is 0 Å². The van der Waals surface area contributed by atoms with Gasteiger partial charge < -0.3 is 10.2 Å². The summed E-state index contributed by atoms with van der Waals surface area (Å²) in [7, 11) is 3.39. The molecule has 0 aliphatic rings. The number of thiol groups is 1. The molecule has 0 fully saturated rings. The van der Waals surface area contributed by atoms with Gasteiger partial charge in [0.15, 0.2) is 5.17 Å². The Morgan fingerprint density at radius 1 is 1.41 bits per heavy atom. The van der Waals surface area contributed by atoms with Gasteiger partial charge in [0.2, 0.25) is 6.19 Å². The summed E-state index contributed by atoms with van der Waals surface area (Å²) >= 11 is 3.96. The molecule has 0 bridgehead atoms. The van der Waals surface area contributed by atoms with Gasteiger partial charge in [-0.1, -0.05) is 0 Å². The van der Waals surface area contributed by atoms with Crippen molar-refractivity contribution in [1.29, 1.82) is 5.26 Å². The van der Waals surface area contributed by atoms with E-state index in [9.17, 15) is 4.79 Å². The smallest absolute Gasteiger partial charge is 0.253 e. The normalized spacial score (nSPS) is 10.6. The highest BCUT2D eigenvalue weighted by molar-refractivity contribution is 7.97. The first-order valence-corrected chi connectivity index (χ1v) is 5.24. The fraction of sp³-hybridized carbons (Fsp3) is 0.182. The Hall–Kier alpha value is -2.00. The van der Waals surface area contributed by atoms with E-state index in [4.69, 9.17) is 5.26 Å². The molecule has 6 heteroatoms. The molecule has 0 aromatic heterocycles. The minimum absolute atomic E-state index is 0.0617. The van der Waals surface area contributed by atoms with Crippen LogP contribution in [-0.2, 0) is 0 Å². The largest absolute Gasteiger partial charge is 0.345 e. The lowest BCUT2D eigenvalue weighted by atomic mass is 10.2. The topological polar surface area (TPSA) is 68.5 Å². The van der Waals surface area contributed by atoms with Crippen LogP contribution in [0.4, 0.5) is 5.69 Å². The van der Waals surface area contributed by atoms with Crippen LogP contribution in [0.25, 0.3) is 0 Å². The first-order valence-electron chi connectivity index (χ1n) is 4.79. The van der Waals surface area contributed by atoms with Crippen LogP contribution in [0.3, 0.4) is 0 Å². The van der Waals surface area contributed by atoms with Crippen molar-refractivity contribution in [1.82, 2.24) is 4.90 Å². The molecule has 0 spiro atoms. The van der Waals surface area contributed by atoms with Gasteiger partial charge in [0.05, 0.1) is 0 Å². The number of amides is 1. The molecular formula is C11H12N4OS. The van der Waals surface area contributed by atoms with E-state index in [1.54, 1.807) is 44.6 Å². The van der Waals surface area contributed by atoms with Gasteiger partial charge in [-0.3, -0.25) is 4.79 Å². The number of rotatable bonds is 2. The van der Waals surface area contributed by atoms with E-state index in [1.807, 2.05) is 0 Å². The summed E-state index contributed by atoms with van der Waals surface area (Å²) in [5, 5.41) is 11.3. The number of hydrogen-bond acceptors (Lipinski definition) is 3. The highest BCUT2D eigenvalue weighted by atomic mass is 32.1. The van der Waals surface area contributed by atoms with E-state index >= 15 is 0 Å². The Balaban J connectivity index is 2.79. The van der Waals surface area contributed by atoms with Crippen molar-refractivity contribution in [2.75, 3.05) is 19.4 Å². The fourth-order valence-corrected chi connectivity index (χ4v) is 1.33. The van der Waals surface area contributed by atoms with E-state index in [2.05, 4.69) is 22.9 Å². The molecule has 5 nitrogen and oxygen atoms in total. The van der Waals surface area contributed by atoms with Gasteiger partial charge in [-0.2, -0.15) is 5.26 Å². The van der Waals surface area contributed by atoms with Crippen molar-refractivity contribution in [3.05, 3.63) is 29.8 Å². The van der Waals surface area contributed by atoms with Crippen LogP contribution in [0.5, 0.6) is 0 Å². The SMILES string of the molecule is CN(C)C(=O)c1ccc(N/C(S)=N/C#N)cc1. The van der Waals surface area contributed by atoms with E-state index in [-0.39, 0.29) is 11.1 Å². The van der Waals surface area contributed by atoms with Crippen molar-refractivity contribution in [2.24, 2.45) is 4.99 Å². The summed E-state index contributed by atoms with van der Waals surface area (Å²) in [4.78, 5) is 16.5. The number of carbonyl (C=O) groups excluding carboxylic acids is 1. The third-order valence-electron chi connectivity index (χ3n) is 1.95. The number of nitrogens with one attached hydrogen (secondary N) is 1. The maximum atomic E-state index is 11.6. The Labute approximate surface area is 105 Å². The molecule has 0 aliphatic heterocycles. The van der Waals surface area contributed by atoms with Crippen molar-refractivity contribution in [2.45, 2.75) is 0 Å². The van der Waals surface area contributed by atoms with Crippen molar-refractivity contribution in [3.8, 4) is 6.19 Å².